The minimum absolute atomic E-state index is 0.192. The maximum Gasteiger partial charge on any atom is 0.258 e. The molecule has 5 unspecified atom stereocenters. The van der Waals surface area contributed by atoms with Crippen molar-refractivity contribution < 1.29 is 39.0 Å². The van der Waals surface area contributed by atoms with Gasteiger partial charge in [-0.3, -0.25) is 0 Å². The average Bonchev–Trinajstić information content (AvgIpc) is 2.30. The quantitative estimate of drug-likeness (QED) is 0.278. The fourth-order valence-corrected chi connectivity index (χ4v) is 1.85. The van der Waals surface area contributed by atoms with E-state index in [1.807, 2.05) is 0 Å². The number of aliphatic hydroxyl groups excluding tert-OH is 1. The van der Waals surface area contributed by atoms with Gasteiger partial charge in [-0.25, -0.2) is 5.26 Å². The van der Waals surface area contributed by atoms with Crippen LogP contribution in [0.15, 0.2) is 0 Å². The molecule has 0 spiro atoms. The molecular formula is C6H15B3O8. The Morgan fingerprint density at radius 2 is 1.76 bits per heavy atom. The lowest BCUT2D eigenvalue weighted by Gasteiger charge is -2.42. The summed E-state index contributed by atoms with van der Waals surface area (Å²) < 4.78 is 20.5. The molecule has 1 heterocycles. The Balaban J connectivity index is 2.76. The lowest BCUT2D eigenvalue weighted by molar-refractivity contribution is -0.544. The van der Waals surface area contributed by atoms with Crippen molar-refractivity contribution in [3.05, 3.63) is 0 Å². The molecule has 8 nitrogen and oxygen atoms in total. The third-order valence-electron chi connectivity index (χ3n) is 2.63. The van der Waals surface area contributed by atoms with Crippen LogP contribution in [0.4, 0.5) is 0 Å². The van der Waals surface area contributed by atoms with E-state index in [-0.39, 0.29) is 6.61 Å². The van der Waals surface area contributed by atoms with E-state index in [1.54, 1.807) is 0 Å². The van der Waals surface area contributed by atoms with Crippen LogP contribution < -0.4 is 0 Å². The maximum atomic E-state index is 10.0. The third kappa shape index (κ3) is 3.42. The molecule has 11 heteroatoms. The maximum absolute atomic E-state index is 10.0. The van der Waals surface area contributed by atoms with Crippen LogP contribution in [0.2, 0.25) is 0 Å². The molecule has 0 amide bonds. The Morgan fingerprint density at radius 3 is 2.24 bits per heavy atom. The molecule has 1 aliphatic rings. The molecule has 0 aromatic rings. The van der Waals surface area contributed by atoms with Gasteiger partial charge in [-0.1, -0.05) is 5.04 Å². The van der Waals surface area contributed by atoms with E-state index in [1.165, 1.54) is 24.1 Å². The lowest BCUT2D eigenvalue weighted by Crippen LogP contribution is -2.60. The highest BCUT2D eigenvalue weighted by molar-refractivity contribution is 5.98. The minimum atomic E-state index is -1.08. The van der Waals surface area contributed by atoms with Crippen LogP contribution >= 0.6 is 0 Å². The summed E-state index contributed by atoms with van der Waals surface area (Å²) in [5.74, 6) is 0. The van der Waals surface area contributed by atoms with Gasteiger partial charge in [-0.2, -0.15) is 4.89 Å². The zero-order chi connectivity index (χ0) is 12.8. The van der Waals surface area contributed by atoms with Crippen molar-refractivity contribution in [3.63, 3.8) is 0 Å². The van der Waals surface area contributed by atoms with Crippen molar-refractivity contribution in [2.24, 2.45) is 0 Å². The highest BCUT2D eigenvalue weighted by Gasteiger charge is 2.46. The minimum Gasteiger partial charge on any atom is -0.441 e. The highest BCUT2D eigenvalue weighted by atomic mass is 17.5. The second-order valence-electron chi connectivity index (χ2n) is 3.56. The van der Waals surface area contributed by atoms with E-state index >= 15 is 0 Å². The van der Waals surface area contributed by atoms with Crippen LogP contribution in [-0.2, 0) is 28.6 Å². The second-order valence-corrected chi connectivity index (χ2v) is 3.56. The van der Waals surface area contributed by atoms with Gasteiger partial charge in [0.25, 0.3) is 24.1 Å². The Kier molecular flexibility index (Phi) is 6.45. The molecule has 0 bridgehead atoms. The lowest BCUT2D eigenvalue weighted by atomic mass is 9.98. The average molecular weight is 248 g/mol. The van der Waals surface area contributed by atoms with Gasteiger partial charge in [0.2, 0.25) is 6.29 Å². The monoisotopic (exact) mass is 248 g/mol. The smallest absolute Gasteiger partial charge is 0.258 e. The molecule has 1 rings (SSSR count). The van der Waals surface area contributed by atoms with Gasteiger partial charge in [-0.05, 0) is 0 Å². The van der Waals surface area contributed by atoms with Crippen molar-refractivity contribution in [1.82, 2.24) is 0 Å². The van der Waals surface area contributed by atoms with Crippen molar-refractivity contribution in [2.75, 3.05) is 6.61 Å². The summed E-state index contributed by atoms with van der Waals surface area (Å²) in [5, 5.41) is 21.8. The molecule has 5 atom stereocenters. The Morgan fingerprint density at radius 1 is 1.12 bits per heavy atom. The zero-order valence-electron chi connectivity index (χ0n) is 9.94. The summed E-state index contributed by atoms with van der Waals surface area (Å²) in [6.45, 7) is 0.192. The van der Waals surface area contributed by atoms with Gasteiger partial charge < -0.3 is 23.8 Å². The van der Waals surface area contributed by atoms with Crippen LogP contribution in [0.3, 0.4) is 0 Å². The van der Waals surface area contributed by atoms with Gasteiger partial charge in [0.05, 0.1) is 12.7 Å². The summed E-state index contributed by atoms with van der Waals surface area (Å²) in [4.78, 5) is 4.46. The predicted molar refractivity (Wildman–Crippen MR) is 60.8 cm³/mol. The number of hydrogen-bond donors (Lipinski definition) is 2. The molecule has 1 aliphatic heterocycles. The molecule has 17 heavy (non-hydrogen) atoms. The first-order chi connectivity index (χ1) is 8.19. The first-order valence-electron chi connectivity index (χ1n) is 5.04. The number of aliphatic hydroxyl groups is 1. The Labute approximate surface area is 101 Å². The standard InChI is InChI=1S/C6H15B3O8/c7-12-1-2-4(14-8)3(10)5(15-9)6(13-2)16-17-11/h2-6,10-11H,1,7-9H2. The van der Waals surface area contributed by atoms with E-state index in [0.29, 0.717) is 0 Å². The molecule has 0 radical (unpaired) electrons. The predicted octanol–water partition coefficient (Wildman–Crippen LogP) is -4.08. The highest BCUT2D eigenvalue weighted by Crippen LogP contribution is 2.25. The van der Waals surface area contributed by atoms with Gasteiger partial charge in [0, 0.05) is 0 Å². The van der Waals surface area contributed by atoms with Gasteiger partial charge in [0.15, 0.2) is 0 Å². The zero-order valence-corrected chi connectivity index (χ0v) is 9.94. The van der Waals surface area contributed by atoms with E-state index in [9.17, 15) is 5.11 Å². The molecule has 1 fully saturated rings. The SMILES string of the molecule is BOCC1OC(OOO)C(OB)C(O)C1OB. The molecule has 0 saturated carbocycles. The summed E-state index contributed by atoms with van der Waals surface area (Å²) >= 11 is 0. The molecule has 0 aromatic heterocycles. The molecule has 1 saturated heterocycles. The molecule has 0 aromatic carbocycles. The fraction of sp³-hybridized carbons (Fsp3) is 1.00. The largest absolute Gasteiger partial charge is 0.441 e. The van der Waals surface area contributed by atoms with Crippen LogP contribution in [0.5, 0.6) is 0 Å². The fourth-order valence-electron chi connectivity index (χ4n) is 1.85. The third-order valence-corrected chi connectivity index (χ3v) is 2.63. The van der Waals surface area contributed by atoms with Gasteiger partial charge >= 0.3 is 0 Å². The first kappa shape index (κ1) is 14.9. The van der Waals surface area contributed by atoms with Crippen LogP contribution in [-0.4, -0.2) is 71.8 Å². The van der Waals surface area contributed by atoms with Gasteiger partial charge in [-0.15, -0.1) is 0 Å². The Bertz CT molecular complexity index is 197. The molecular weight excluding hydrogens is 232 g/mol. The number of rotatable bonds is 6. The molecule has 96 valence electrons. The molecule has 0 aliphatic carbocycles. The second kappa shape index (κ2) is 7.34. The van der Waals surface area contributed by atoms with Crippen LogP contribution in [0.1, 0.15) is 0 Å². The normalized spacial score (nSPS) is 38.1. The Hall–Kier alpha value is -0.125. The van der Waals surface area contributed by atoms with Crippen molar-refractivity contribution >= 4 is 24.1 Å². The summed E-state index contributed by atoms with van der Waals surface area (Å²) in [6.07, 6.45) is -4.12. The first-order valence-corrected chi connectivity index (χ1v) is 5.04. The van der Waals surface area contributed by atoms with Crippen molar-refractivity contribution in [2.45, 2.75) is 30.7 Å². The summed E-state index contributed by atoms with van der Waals surface area (Å²) in [6, 6.07) is 0. The van der Waals surface area contributed by atoms with E-state index in [4.69, 9.17) is 24.0 Å². The van der Waals surface area contributed by atoms with Gasteiger partial charge in [0.1, 0.15) is 18.3 Å². The summed E-state index contributed by atoms with van der Waals surface area (Å²) in [5.41, 5.74) is 0. The number of ether oxygens (including phenoxy) is 1. The summed E-state index contributed by atoms with van der Waals surface area (Å²) in [7, 11) is 4.30. The van der Waals surface area contributed by atoms with Crippen LogP contribution in [0, 0.1) is 0 Å². The number of hydrogen-bond acceptors (Lipinski definition) is 8. The molecule has 2 N–H and O–H groups in total. The van der Waals surface area contributed by atoms with Crippen molar-refractivity contribution in [1.29, 1.82) is 0 Å². The van der Waals surface area contributed by atoms with E-state index < -0.39 is 30.7 Å². The van der Waals surface area contributed by atoms with E-state index in [2.05, 4.69) is 9.93 Å². The van der Waals surface area contributed by atoms with Crippen LogP contribution in [0.25, 0.3) is 0 Å². The van der Waals surface area contributed by atoms with Crippen molar-refractivity contribution in [3.8, 4) is 0 Å². The van der Waals surface area contributed by atoms with E-state index in [0.717, 1.165) is 0 Å². The topological polar surface area (TPSA) is 95.8 Å².